The Bertz CT molecular complexity index is 725. The number of nitrogens with zero attached hydrogens (tertiary/aromatic N) is 2. The smallest absolute Gasteiger partial charge is 0.308 e. The molecular weight excluding hydrogens is 334 g/mol. The fraction of sp³-hybridized carbons (Fsp3) is 0.421. The molecule has 0 saturated heterocycles. The Hall–Kier alpha value is -2.83. The molecule has 2 aromatic rings. The van der Waals surface area contributed by atoms with Crippen LogP contribution in [0.2, 0.25) is 0 Å². The van der Waals surface area contributed by atoms with Gasteiger partial charge in [-0.2, -0.15) is 5.10 Å². The predicted molar refractivity (Wildman–Crippen MR) is 97.0 cm³/mol. The van der Waals surface area contributed by atoms with Gasteiger partial charge in [-0.15, -0.1) is 0 Å². The first-order valence-electron chi connectivity index (χ1n) is 8.66. The van der Waals surface area contributed by atoms with Gasteiger partial charge in [-0.3, -0.25) is 14.3 Å². The summed E-state index contributed by atoms with van der Waals surface area (Å²) in [4.78, 5) is 23.5. The Morgan fingerprint density at radius 2 is 2.00 bits per heavy atom. The molecule has 26 heavy (non-hydrogen) atoms. The zero-order valence-electron chi connectivity index (χ0n) is 15.1. The first kappa shape index (κ1) is 19.5. The number of hydrogen-bond donors (Lipinski definition) is 2. The molecule has 0 aliphatic heterocycles. The van der Waals surface area contributed by atoms with E-state index in [-0.39, 0.29) is 12.5 Å². The highest BCUT2D eigenvalue weighted by atomic mass is 16.5. The first-order valence-corrected chi connectivity index (χ1v) is 8.66. The third-order valence-electron chi connectivity index (χ3n) is 4.01. The second kappa shape index (κ2) is 9.60. The van der Waals surface area contributed by atoms with E-state index in [1.54, 1.807) is 10.9 Å². The van der Waals surface area contributed by atoms with Crippen LogP contribution >= 0.6 is 0 Å². The van der Waals surface area contributed by atoms with Crippen LogP contribution in [0.15, 0.2) is 36.7 Å². The summed E-state index contributed by atoms with van der Waals surface area (Å²) in [5, 5.41) is 16.2. The van der Waals surface area contributed by atoms with E-state index in [9.17, 15) is 14.7 Å². The van der Waals surface area contributed by atoms with Gasteiger partial charge in [0.25, 0.3) is 0 Å². The van der Waals surface area contributed by atoms with E-state index in [0.717, 1.165) is 16.9 Å². The Balaban J connectivity index is 1.81. The van der Waals surface area contributed by atoms with Crippen LogP contribution < -0.4 is 10.1 Å². The van der Waals surface area contributed by atoms with Crippen LogP contribution in [-0.2, 0) is 29.5 Å². The van der Waals surface area contributed by atoms with Crippen molar-refractivity contribution in [3.63, 3.8) is 0 Å². The number of carboxylic acids is 1. The van der Waals surface area contributed by atoms with Crippen LogP contribution in [0.25, 0.3) is 0 Å². The number of carbonyl (C=O) groups is 2. The SMILES string of the molecule is CCOc1ccc(CC(CNC(=O)CCc2cnn(C)c2)C(=O)O)cc1. The van der Waals surface area contributed by atoms with Crippen LogP contribution in [-0.4, -0.2) is 39.9 Å². The lowest BCUT2D eigenvalue weighted by Crippen LogP contribution is -2.34. The topological polar surface area (TPSA) is 93.5 Å². The van der Waals surface area contributed by atoms with Crippen molar-refractivity contribution >= 4 is 11.9 Å². The van der Waals surface area contributed by atoms with Crippen molar-refractivity contribution in [3.8, 4) is 5.75 Å². The number of amides is 1. The monoisotopic (exact) mass is 359 g/mol. The van der Waals surface area contributed by atoms with Gasteiger partial charge in [0, 0.05) is 26.2 Å². The summed E-state index contributed by atoms with van der Waals surface area (Å²) >= 11 is 0. The van der Waals surface area contributed by atoms with Crippen LogP contribution in [0.1, 0.15) is 24.5 Å². The third kappa shape index (κ3) is 6.23. The molecule has 7 nitrogen and oxygen atoms in total. The number of carbonyl (C=O) groups excluding carboxylic acids is 1. The molecule has 1 aromatic carbocycles. The number of ether oxygens (including phenoxy) is 1. The standard InChI is InChI=1S/C19H25N3O4/c1-3-26-17-7-4-14(5-8-17)10-16(19(24)25)12-20-18(23)9-6-15-11-21-22(2)13-15/h4-5,7-8,11,13,16H,3,6,9-10,12H2,1-2H3,(H,20,23)(H,24,25). The maximum atomic E-state index is 12.0. The molecule has 2 N–H and O–H groups in total. The fourth-order valence-corrected chi connectivity index (χ4v) is 2.60. The molecule has 0 aliphatic rings. The number of carboxylic acid groups (broad SMARTS) is 1. The summed E-state index contributed by atoms with van der Waals surface area (Å²) in [6.07, 6.45) is 4.82. The van der Waals surface area contributed by atoms with E-state index >= 15 is 0 Å². The van der Waals surface area contributed by atoms with Crippen molar-refractivity contribution in [2.75, 3.05) is 13.2 Å². The van der Waals surface area contributed by atoms with Crippen molar-refractivity contribution in [1.82, 2.24) is 15.1 Å². The minimum Gasteiger partial charge on any atom is -0.494 e. The van der Waals surface area contributed by atoms with Gasteiger partial charge in [-0.05, 0) is 43.0 Å². The summed E-state index contributed by atoms with van der Waals surface area (Å²) < 4.78 is 7.06. The lowest BCUT2D eigenvalue weighted by atomic mass is 9.99. The second-order valence-corrected chi connectivity index (χ2v) is 6.14. The van der Waals surface area contributed by atoms with Gasteiger partial charge >= 0.3 is 5.97 Å². The van der Waals surface area contributed by atoms with E-state index in [2.05, 4.69) is 10.4 Å². The van der Waals surface area contributed by atoms with Crippen molar-refractivity contribution in [2.45, 2.75) is 26.2 Å². The van der Waals surface area contributed by atoms with Gasteiger partial charge in [-0.1, -0.05) is 12.1 Å². The largest absolute Gasteiger partial charge is 0.494 e. The summed E-state index contributed by atoms with van der Waals surface area (Å²) in [6, 6.07) is 7.35. The molecule has 7 heteroatoms. The van der Waals surface area contributed by atoms with Gasteiger partial charge in [0.1, 0.15) is 5.75 Å². The molecule has 0 saturated carbocycles. The highest BCUT2D eigenvalue weighted by Gasteiger charge is 2.19. The molecule has 2 rings (SSSR count). The first-order chi connectivity index (χ1) is 12.5. The van der Waals surface area contributed by atoms with E-state index in [4.69, 9.17) is 4.74 Å². The van der Waals surface area contributed by atoms with Crippen molar-refractivity contribution < 1.29 is 19.4 Å². The predicted octanol–water partition coefficient (Wildman–Crippen LogP) is 1.81. The molecule has 140 valence electrons. The minimum atomic E-state index is -0.925. The maximum Gasteiger partial charge on any atom is 0.308 e. The van der Waals surface area contributed by atoms with Crippen LogP contribution in [0.5, 0.6) is 5.75 Å². The average molecular weight is 359 g/mol. The Labute approximate surface area is 153 Å². The average Bonchev–Trinajstić information content (AvgIpc) is 3.03. The summed E-state index contributed by atoms with van der Waals surface area (Å²) in [7, 11) is 1.82. The molecular formula is C19H25N3O4. The minimum absolute atomic E-state index is 0.106. The van der Waals surface area contributed by atoms with Gasteiger partial charge in [0.2, 0.25) is 5.91 Å². The molecule has 1 heterocycles. The Morgan fingerprint density at radius 3 is 2.58 bits per heavy atom. The molecule has 0 spiro atoms. The van der Waals surface area contributed by atoms with Crippen molar-refractivity contribution in [2.24, 2.45) is 13.0 Å². The number of hydrogen-bond acceptors (Lipinski definition) is 4. The quantitative estimate of drug-likeness (QED) is 0.675. The zero-order chi connectivity index (χ0) is 18.9. The molecule has 1 aromatic heterocycles. The normalized spacial score (nSPS) is 11.8. The maximum absolute atomic E-state index is 12.0. The molecule has 1 atom stereocenters. The molecule has 0 aliphatic carbocycles. The number of aryl methyl sites for hydroxylation is 2. The van der Waals surface area contributed by atoms with Crippen LogP contribution in [0.3, 0.4) is 0 Å². The molecule has 0 radical (unpaired) electrons. The Morgan fingerprint density at radius 1 is 1.27 bits per heavy atom. The number of benzene rings is 1. The number of nitrogens with one attached hydrogen (secondary N) is 1. The summed E-state index contributed by atoms with van der Waals surface area (Å²) in [5.74, 6) is -1.000. The number of rotatable bonds is 10. The van der Waals surface area contributed by atoms with Gasteiger partial charge in [-0.25, -0.2) is 0 Å². The van der Waals surface area contributed by atoms with E-state index < -0.39 is 11.9 Å². The van der Waals surface area contributed by atoms with Crippen molar-refractivity contribution in [3.05, 3.63) is 47.8 Å². The lowest BCUT2D eigenvalue weighted by molar-refractivity contribution is -0.141. The molecule has 1 amide bonds. The summed E-state index contributed by atoms with van der Waals surface area (Å²) in [6.45, 7) is 2.60. The molecule has 1 unspecified atom stereocenters. The van der Waals surface area contributed by atoms with E-state index in [1.807, 2.05) is 44.4 Å². The van der Waals surface area contributed by atoms with E-state index in [1.165, 1.54) is 0 Å². The lowest BCUT2D eigenvalue weighted by Gasteiger charge is -2.14. The summed E-state index contributed by atoms with van der Waals surface area (Å²) in [5.41, 5.74) is 1.87. The van der Waals surface area contributed by atoms with Crippen molar-refractivity contribution in [1.29, 1.82) is 0 Å². The van der Waals surface area contributed by atoms with Gasteiger partial charge in [0.05, 0.1) is 18.7 Å². The van der Waals surface area contributed by atoms with Gasteiger partial charge < -0.3 is 15.2 Å². The fourth-order valence-electron chi connectivity index (χ4n) is 2.60. The van der Waals surface area contributed by atoms with E-state index in [0.29, 0.717) is 25.9 Å². The molecule has 0 fully saturated rings. The molecule has 0 bridgehead atoms. The van der Waals surface area contributed by atoms with Crippen LogP contribution in [0.4, 0.5) is 0 Å². The number of aromatic nitrogens is 2. The number of aliphatic carboxylic acids is 1. The Kier molecular flexibility index (Phi) is 7.20. The highest BCUT2D eigenvalue weighted by molar-refractivity contribution is 5.77. The van der Waals surface area contributed by atoms with Crippen LogP contribution in [0, 0.1) is 5.92 Å². The third-order valence-corrected chi connectivity index (χ3v) is 4.01. The second-order valence-electron chi connectivity index (χ2n) is 6.14. The zero-order valence-corrected chi connectivity index (χ0v) is 15.1. The van der Waals surface area contributed by atoms with Gasteiger partial charge in [0.15, 0.2) is 0 Å². The highest BCUT2D eigenvalue weighted by Crippen LogP contribution is 2.15.